The maximum atomic E-state index is 14.1. The van der Waals surface area contributed by atoms with E-state index >= 15 is 0 Å². The molecule has 0 spiro atoms. The van der Waals surface area contributed by atoms with E-state index < -0.39 is 17.2 Å². The second-order valence-electron chi connectivity index (χ2n) is 4.58. The number of benzene rings is 1. The average Bonchev–Trinajstić information content (AvgIpc) is 2.45. The van der Waals surface area contributed by atoms with Crippen LogP contribution in [0.15, 0.2) is 24.3 Å². The van der Waals surface area contributed by atoms with Gasteiger partial charge >= 0.3 is 5.97 Å². The minimum absolute atomic E-state index is 0.0428. The zero-order valence-electron chi connectivity index (χ0n) is 12.0. The van der Waals surface area contributed by atoms with E-state index in [2.05, 4.69) is 0 Å². The SMILES string of the molecule is CCOC(=O)C(CN)(CCCSC)c1ccccc1F. The molecular formula is C15H22FNO2S. The number of carbonyl (C=O) groups excluding carboxylic acids is 1. The molecule has 0 aliphatic carbocycles. The van der Waals surface area contributed by atoms with E-state index in [9.17, 15) is 9.18 Å². The third-order valence-electron chi connectivity index (χ3n) is 3.36. The van der Waals surface area contributed by atoms with Gasteiger partial charge in [0.05, 0.1) is 6.61 Å². The van der Waals surface area contributed by atoms with Crippen molar-refractivity contribution in [3.05, 3.63) is 35.6 Å². The van der Waals surface area contributed by atoms with Crippen LogP contribution in [0.1, 0.15) is 25.3 Å². The molecule has 0 aliphatic rings. The summed E-state index contributed by atoms with van der Waals surface area (Å²) < 4.78 is 19.3. The molecule has 112 valence electrons. The zero-order valence-corrected chi connectivity index (χ0v) is 12.8. The molecule has 0 aliphatic heterocycles. The van der Waals surface area contributed by atoms with Crippen molar-refractivity contribution < 1.29 is 13.9 Å². The first kappa shape index (κ1) is 17.0. The molecule has 0 aromatic heterocycles. The molecule has 0 saturated heterocycles. The van der Waals surface area contributed by atoms with Gasteiger partial charge in [0.1, 0.15) is 11.2 Å². The van der Waals surface area contributed by atoms with Gasteiger partial charge in [-0.15, -0.1) is 0 Å². The first-order chi connectivity index (χ1) is 9.62. The molecule has 0 amide bonds. The zero-order chi connectivity index (χ0) is 15.0. The van der Waals surface area contributed by atoms with Gasteiger partial charge in [-0.2, -0.15) is 11.8 Å². The minimum Gasteiger partial charge on any atom is -0.465 e. The standard InChI is InChI=1S/C15H22FNO2S/c1-3-19-14(18)15(11-17,9-6-10-20-2)12-7-4-5-8-13(12)16/h4-5,7-8H,3,6,9-11,17H2,1-2H3. The summed E-state index contributed by atoms with van der Waals surface area (Å²) in [5.74, 6) is 0.0548. The maximum absolute atomic E-state index is 14.1. The lowest BCUT2D eigenvalue weighted by Crippen LogP contribution is -2.45. The van der Waals surface area contributed by atoms with Crippen LogP contribution in [-0.2, 0) is 14.9 Å². The Bertz CT molecular complexity index is 442. The molecule has 0 heterocycles. The second kappa shape index (κ2) is 8.27. The number of hydrogen-bond donors (Lipinski definition) is 1. The summed E-state index contributed by atoms with van der Waals surface area (Å²) in [4.78, 5) is 12.4. The van der Waals surface area contributed by atoms with E-state index in [4.69, 9.17) is 10.5 Å². The Hall–Kier alpha value is -1.07. The topological polar surface area (TPSA) is 52.3 Å². The third kappa shape index (κ3) is 3.73. The third-order valence-corrected chi connectivity index (χ3v) is 4.05. The van der Waals surface area contributed by atoms with Crippen LogP contribution in [0.5, 0.6) is 0 Å². The Morgan fingerprint density at radius 2 is 2.15 bits per heavy atom. The Morgan fingerprint density at radius 1 is 1.45 bits per heavy atom. The van der Waals surface area contributed by atoms with Gasteiger partial charge in [0, 0.05) is 12.1 Å². The van der Waals surface area contributed by atoms with Gasteiger partial charge in [-0.3, -0.25) is 4.79 Å². The Kier molecular flexibility index (Phi) is 7.02. The lowest BCUT2D eigenvalue weighted by atomic mass is 9.76. The number of ether oxygens (including phenoxy) is 1. The van der Waals surface area contributed by atoms with Crippen LogP contribution >= 0.6 is 11.8 Å². The highest BCUT2D eigenvalue weighted by molar-refractivity contribution is 7.98. The fraction of sp³-hybridized carbons (Fsp3) is 0.533. The van der Waals surface area contributed by atoms with Gasteiger partial charge in [0.25, 0.3) is 0 Å². The Balaban J connectivity index is 3.16. The first-order valence-corrected chi connectivity index (χ1v) is 8.13. The molecule has 0 bridgehead atoms. The van der Waals surface area contributed by atoms with Gasteiger partial charge < -0.3 is 10.5 Å². The van der Waals surface area contributed by atoms with Gasteiger partial charge in [-0.25, -0.2) is 4.39 Å². The lowest BCUT2D eigenvalue weighted by molar-refractivity contribution is -0.150. The van der Waals surface area contributed by atoms with Crippen molar-refractivity contribution in [2.75, 3.05) is 25.2 Å². The normalized spacial score (nSPS) is 13.8. The monoisotopic (exact) mass is 299 g/mol. The van der Waals surface area contributed by atoms with Crippen molar-refractivity contribution in [2.45, 2.75) is 25.2 Å². The molecule has 3 nitrogen and oxygen atoms in total. The summed E-state index contributed by atoms with van der Waals surface area (Å²) in [6, 6.07) is 6.30. The Labute approximate surface area is 124 Å². The summed E-state index contributed by atoms with van der Waals surface area (Å²) in [5, 5.41) is 0. The summed E-state index contributed by atoms with van der Waals surface area (Å²) >= 11 is 1.69. The predicted octanol–water partition coefficient (Wildman–Crippen LogP) is 2.73. The summed E-state index contributed by atoms with van der Waals surface area (Å²) in [7, 11) is 0. The number of nitrogens with two attached hydrogens (primary N) is 1. The fourth-order valence-electron chi connectivity index (χ4n) is 2.28. The van der Waals surface area contributed by atoms with Crippen molar-refractivity contribution in [1.82, 2.24) is 0 Å². The van der Waals surface area contributed by atoms with Crippen molar-refractivity contribution in [3.8, 4) is 0 Å². The molecular weight excluding hydrogens is 277 g/mol. The minimum atomic E-state index is -1.09. The number of thioether (sulfide) groups is 1. The van der Waals surface area contributed by atoms with Crippen molar-refractivity contribution >= 4 is 17.7 Å². The van der Waals surface area contributed by atoms with Crippen LogP contribution < -0.4 is 5.73 Å². The second-order valence-corrected chi connectivity index (χ2v) is 5.57. The highest BCUT2D eigenvalue weighted by Crippen LogP contribution is 2.32. The fourth-order valence-corrected chi connectivity index (χ4v) is 2.71. The van der Waals surface area contributed by atoms with Crippen molar-refractivity contribution in [3.63, 3.8) is 0 Å². The van der Waals surface area contributed by atoms with E-state index in [1.165, 1.54) is 6.07 Å². The Morgan fingerprint density at radius 3 is 2.70 bits per heavy atom. The summed E-state index contributed by atoms with van der Waals surface area (Å²) in [5.41, 5.74) is 5.10. The van der Waals surface area contributed by atoms with Gasteiger partial charge in [-0.05, 0) is 37.8 Å². The number of hydrogen-bond acceptors (Lipinski definition) is 4. The molecule has 1 unspecified atom stereocenters. The highest BCUT2D eigenvalue weighted by Gasteiger charge is 2.41. The van der Waals surface area contributed by atoms with Crippen LogP contribution in [0.2, 0.25) is 0 Å². The van der Waals surface area contributed by atoms with E-state index in [1.54, 1.807) is 36.9 Å². The molecule has 5 heteroatoms. The van der Waals surface area contributed by atoms with Gasteiger partial charge in [0.15, 0.2) is 0 Å². The van der Waals surface area contributed by atoms with Gasteiger partial charge in [-0.1, -0.05) is 18.2 Å². The molecule has 1 atom stereocenters. The van der Waals surface area contributed by atoms with E-state index in [0.717, 1.165) is 12.2 Å². The summed E-state index contributed by atoms with van der Waals surface area (Å²) in [6.45, 7) is 2.04. The molecule has 1 aromatic carbocycles. The smallest absolute Gasteiger partial charge is 0.317 e. The molecule has 0 saturated carbocycles. The van der Waals surface area contributed by atoms with Crippen molar-refractivity contribution in [2.24, 2.45) is 5.73 Å². The van der Waals surface area contributed by atoms with Crippen LogP contribution in [0.3, 0.4) is 0 Å². The van der Waals surface area contributed by atoms with E-state index in [-0.39, 0.29) is 13.2 Å². The number of halogens is 1. The molecule has 1 aromatic rings. The molecule has 0 radical (unpaired) electrons. The molecule has 20 heavy (non-hydrogen) atoms. The number of carbonyl (C=O) groups is 1. The highest BCUT2D eigenvalue weighted by atomic mass is 32.2. The summed E-state index contributed by atoms with van der Waals surface area (Å²) in [6.07, 6.45) is 3.27. The van der Waals surface area contributed by atoms with Gasteiger partial charge in [0.2, 0.25) is 0 Å². The van der Waals surface area contributed by atoms with Crippen LogP contribution in [0.4, 0.5) is 4.39 Å². The van der Waals surface area contributed by atoms with Crippen molar-refractivity contribution in [1.29, 1.82) is 0 Å². The molecule has 0 fully saturated rings. The average molecular weight is 299 g/mol. The van der Waals surface area contributed by atoms with E-state index in [0.29, 0.717) is 12.0 Å². The number of rotatable bonds is 8. The molecule has 2 N–H and O–H groups in total. The van der Waals surface area contributed by atoms with Crippen LogP contribution in [-0.4, -0.2) is 31.1 Å². The largest absolute Gasteiger partial charge is 0.465 e. The van der Waals surface area contributed by atoms with E-state index in [1.807, 2.05) is 6.26 Å². The maximum Gasteiger partial charge on any atom is 0.317 e. The molecule has 1 rings (SSSR count). The number of esters is 1. The predicted molar refractivity (Wildman–Crippen MR) is 81.4 cm³/mol. The first-order valence-electron chi connectivity index (χ1n) is 6.73. The van der Waals surface area contributed by atoms with Crippen LogP contribution in [0.25, 0.3) is 0 Å². The van der Waals surface area contributed by atoms with Crippen LogP contribution in [0, 0.1) is 5.82 Å². The lowest BCUT2D eigenvalue weighted by Gasteiger charge is -2.31. The quantitative estimate of drug-likeness (QED) is 0.592.